The molecule has 0 heterocycles. The van der Waals surface area contributed by atoms with Gasteiger partial charge in [-0.1, -0.05) is 60.7 Å². The summed E-state index contributed by atoms with van der Waals surface area (Å²) in [5, 5.41) is 4.05. The second-order valence-corrected chi connectivity index (χ2v) is 8.42. The third-order valence-corrected chi connectivity index (χ3v) is 5.57. The van der Waals surface area contributed by atoms with E-state index in [1.807, 2.05) is 84.9 Å². The van der Waals surface area contributed by atoms with Crippen LogP contribution in [-0.4, -0.2) is 25.3 Å². The minimum absolute atomic E-state index is 0.375. The lowest BCUT2D eigenvalue weighted by atomic mass is 10.2. The Balaban J connectivity index is 1.24. The predicted octanol–water partition coefficient (Wildman–Crippen LogP) is 5.77. The highest BCUT2D eigenvalue weighted by Crippen LogP contribution is 2.28. The second-order valence-electron chi connectivity index (χ2n) is 8.42. The first kappa shape index (κ1) is 26.3. The Labute approximate surface area is 222 Å². The molecular weight excluding hydrogens is 480 g/mol. The summed E-state index contributed by atoms with van der Waals surface area (Å²) in [6.07, 6.45) is 0.791. The molecule has 7 heteroatoms. The highest BCUT2D eigenvalue weighted by molar-refractivity contribution is 5.85. The highest BCUT2D eigenvalue weighted by Gasteiger charge is 2.14. The van der Waals surface area contributed by atoms with E-state index in [4.69, 9.17) is 18.9 Å². The van der Waals surface area contributed by atoms with Gasteiger partial charge < -0.3 is 18.9 Å². The van der Waals surface area contributed by atoms with Gasteiger partial charge in [0.2, 0.25) is 0 Å². The quantitative estimate of drug-likeness (QED) is 0.193. The van der Waals surface area contributed by atoms with Crippen molar-refractivity contribution in [3.05, 3.63) is 120 Å². The molecule has 1 N–H and O–H groups in total. The van der Waals surface area contributed by atoms with Crippen molar-refractivity contribution < 1.29 is 23.7 Å². The summed E-state index contributed by atoms with van der Waals surface area (Å²) < 4.78 is 22.8. The van der Waals surface area contributed by atoms with Crippen molar-refractivity contribution in [2.75, 3.05) is 7.11 Å². The van der Waals surface area contributed by atoms with E-state index in [1.165, 1.54) is 6.21 Å². The molecule has 0 aliphatic rings. The van der Waals surface area contributed by atoms with Gasteiger partial charge in [0.25, 0.3) is 5.91 Å². The van der Waals surface area contributed by atoms with Crippen molar-refractivity contribution in [1.29, 1.82) is 0 Å². The van der Waals surface area contributed by atoms with Crippen LogP contribution in [0.5, 0.6) is 23.0 Å². The maximum Gasteiger partial charge on any atom is 0.280 e. The van der Waals surface area contributed by atoms with Crippen LogP contribution in [0.1, 0.15) is 23.6 Å². The third-order valence-electron chi connectivity index (χ3n) is 5.57. The molecule has 0 aromatic heterocycles. The van der Waals surface area contributed by atoms with E-state index < -0.39 is 6.10 Å². The number of benzene rings is 4. The molecule has 1 unspecified atom stereocenters. The van der Waals surface area contributed by atoms with Crippen molar-refractivity contribution >= 4 is 12.1 Å². The lowest BCUT2D eigenvalue weighted by Crippen LogP contribution is -2.33. The van der Waals surface area contributed by atoms with Crippen LogP contribution in [0.2, 0.25) is 0 Å². The van der Waals surface area contributed by atoms with Crippen LogP contribution >= 0.6 is 0 Å². The van der Waals surface area contributed by atoms with E-state index in [9.17, 15) is 4.79 Å². The number of methoxy groups -OCH3 is 1. The Bertz CT molecular complexity index is 1330. The molecule has 4 rings (SSSR count). The summed E-state index contributed by atoms with van der Waals surface area (Å²) in [6.45, 7) is 2.57. The Morgan fingerprint density at radius 1 is 0.789 bits per heavy atom. The lowest BCUT2D eigenvalue weighted by Gasteiger charge is -2.14. The summed E-state index contributed by atoms with van der Waals surface area (Å²) in [5.41, 5.74) is 5.40. The number of nitrogens with zero attached hydrogens (tertiary/aromatic N) is 1. The number of nitrogens with one attached hydrogen (secondary N) is 1. The van der Waals surface area contributed by atoms with Gasteiger partial charge in [-0.3, -0.25) is 4.79 Å². The fraction of sp³-hybridized carbons (Fsp3) is 0.161. The molecule has 38 heavy (non-hydrogen) atoms. The smallest absolute Gasteiger partial charge is 0.280 e. The van der Waals surface area contributed by atoms with E-state index in [-0.39, 0.29) is 5.91 Å². The lowest BCUT2D eigenvalue weighted by molar-refractivity contribution is -0.127. The fourth-order valence-corrected chi connectivity index (χ4v) is 3.49. The van der Waals surface area contributed by atoms with Gasteiger partial charge in [0.05, 0.1) is 13.3 Å². The molecule has 1 amide bonds. The van der Waals surface area contributed by atoms with Gasteiger partial charge in [0, 0.05) is 0 Å². The SMILES string of the molecule is COc1cc(/C=N/NC(=O)C(C)Oc2ccc(OCc3ccccc3)cc2)ccc1OCc1ccccc1. The maximum atomic E-state index is 12.4. The maximum absolute atomic E-state index is 12.4. The third kappa shape index (κ3) is 7.86. The van der Waals surface area contributed by atoms with E-state index >= 15 is 0 Å². The zero-order chi connectivity index (χ0) is 26.6. The molecular formula is C31H30N2O5. The average molecular weight is 511 g/mol. The van der Waals surface area contributed by atoms with Gasteiger partial charge in [-0.05, 0) is 66.1 Å². The molecule has 0 aliphatic carbocycles. The number of amides is 1. The highest BCUT2D eigenvalue weighted by atomic mass is 16.5. The van der Waals surface area contributed by atoms with Crippen LogP contribution in [0.4, 0.5) is 0 Å². The number of hydrogen-bond acceptors (Lipinski definition) is 6. The molecule has 4 aromatic carbocycles. The summed E-state index contributed by atoms with van der Waals surface area (Å²) >= 11 is 0. The molecule has 194 valence electrons. The Morgan fingerprint density at radius 3 is 2.03 bits per heavy atom. The summed E-state index contributed by atoms with van der Waals surface area (Å²) in [5.74, 6) is 2.09. The molecule has 4 aromatic rings. The van der Waals surface area contributed by atoms with Crippen LogP contribution in [0.25, 0.3) is 0 Å². The van der Waals surface area contributed by atoms with Crippen LogP contribution in [-0.2, 0) is 18.0 Å². The Kier molecular flexibility index (Phi) is 9.34. The Morgan fingerprint density at radius 2 is 1.39 bits per heavy atom. The molecule has 0 spiro atoms. The largest absolute Gasteiger partial charge is 0.493 e. The van der Waals surface area contributed by atoms with Crippen molar-refractivity contribution in [3.63, 3.8) is 0 Å². The van der Waals surface area contributed by atoms with Crippen LogP contribution in [0.3, 0.4) is 0 Å². The van der Waals surface area contributed by atoms with Crippen molar-refractivity contribution in [2.24, 2.45) is 5.10 Å². The minimum Gasteiger partial charge on any atom is -0.493 e. The molecule has 0 saturated carbocycles. The Hall–Kier alpha value is -4.78. The van der Waals surface area contributed by atoms with E-state index in [2.05, 4.69) is 10.5 Å². The number of hydrogen-bond donors (Lipinski definition) is 1. The number of carbonyl (C=O) groups excluding carboxylic acids is 1. The second kappa shape index (κ2) is 13.5. The van der Waals surface area contributed by atoms with Gasteiger partial charge in [0.15, 0.2) is 17.6 Å². The first-order valence-corrected chi connectivity index (χ1v) is 12.2. The van der Waals surface area contributed by atoms with E-state index in [0.717, 1.165) is 22.4 Å². The van der Waals surface area contributed by atoms with Gasteiger partial charge in [-0.15, -0.1) is 0 Å². The first-order chi connectivity index (χ1) is 18.6. The van der Waals surface area contributed by atoms with Crippen LogP contribution in [0.15, 0.2) is 108 Å². The van der Waals surface area contributed by atoms with Crippen LogP contribution in [0, 0.1) is 0 Å². The fourth-order valence-electron chi connectivity index (χ4n) is 3.49. The monoisotopic (exact) mass is 510 g/mol. The molecule has 0 bridgehead atoms. The van der Waals surface area contributed by atoms with E-state index in [0.29, 0.717) is 30.5 Å². The molecule has 0 radical (unpaired) electrons. The minimum atomic E-state index is -0.744. The number of hydrazone groups is 1. The number of rotatable bonds is 12. The van der Waals surface area contributed by atoms with Crippen molar-refractivity contribution in [1.82, 2.24) is 5.43 Å². The molecule has 7 nitrogen and oxygen atoms in total. The van der Waals surface area contributed by atoms with Gasteiger partial charge in [-0.2, -0.15) is 5.10 Å². The summed E-state index contributed by atoms with van der Waals surface area (Å²) in [7, 11) is 1.58. The molecule has 0 saturated heterocycles. The molecule has 1 atom stereocenters. The topological polar surface area (TPSA) is 78.4 Å². The van der Waals surface area contributed by atoms with Crippen LogP contribution < -0.4 is 24.4 Å². The number of carbonyl (C=O) groups is 1. The normalized spacial score (nSPS) is 11.5. The summed E-state index contributed by atoms with van der Waals surface area (Å²) in [4.78, 5) is 12.4. The number of ether oxygens (including phenoxy) is 4. The zero-order valence-electron chi connectivity index (χ0n) is 21.4. The molecule has 0 aliphatic heterocycles. The standard InChI is InChI=1S/C31H30N2O5/c1-23(38-28-16-14-27(15-17-28)36-21-24-9-5-3-6-10-24)31(34)33-32-20-26-13-18-29(30(19-26)35-2)37-22-25-11-7-4-8-12-25/h3-20,23H,21-22H2,1-2H3,(H,33,34)/b32-20+. The zero-order valence-corrected chi connectivity index (χ0v) is 21.4. The van der Waals surface area contributed by atoms with Gasteiger partial charge in [0.1, 0.15) is 24.7 Å². The van der Waals surface area contributed by atoms with Gasteiger partial charge >= 0.3 is 0 Å². The van der Waals surface area contributed by atoms with Crippen molar-refractivity contribution in [3.8, 4) is 23.0 Å². The average Bonchev–Trinajstić information content (AvgIpc) is 2.97. The first-order valence-electron chi connectivity index (χ1n) is 12.2. The molecule has 0 fully saturated rings. The predicted molar refractivity (Wildman–Crippen MR) is 147 cm³/mol. The van der Waals surface area contributed by atoms with Crippen molar-refractivity contribution in [2.45, 2.75) is 26.2 Å². The van der Waals surface area contributed by atoms with Gasteiger partial charge in [-0.25, -0.2) is 5.43 Å². The summed E-state index contributed by atoms with van der Waals surface area (Å²) in [6, 6.07) is 32.4. The van der Waals surface area contributed by atoms with E-state index in [1.54, 1.807) is 32.2 Å².